The molecule has 1 heterocycles. The summed E-state index contributed by atoms with van der Waals surface area (Å²) in [5.74, 6) is 0. The molecule has 0 saturated carbocycles. The Hall–Kier alpha value is 0.0169. The van der Waals surface area contributed by atoms with Gasteiger partial charge in [-0.25, -0.2) is 0 Å². The van der Waals surface area contributed by atoms with Crippen molar-refractivity contribution in [2.75, 3.05) is 39.6 Å². The van der Waals surface area contributed by atoms with E-state index in [1.54, 1.807) is 0 Å². The molecule has 126 valence electrons. The molecule has 0 aromatic rings. The SMILES string of the molecule is CCO[Si](CCCCOC1(CC)COC1)(OCC)OCC. The van der Waals surface area contributed by atoms with E-state index in [-0.39, 0.29) is 5.60 Å². The van der Waals surface area contributed by atoms with Gasteiger partial charge in [0.1, 0.15) is 5.60 Å². The minimum absolute atomic E-state index is 0.0196. The molecule has 1 fully saturated rings. The molecule has 6 heteroatoms. The van der Waals surface area contributed by atoms with Crippen molar-refractivity contribution in [3.63, 3.8) is 0 Å². The third kappa shape index (κ3) is 5.96. The molecule has 5 nitrogen and oxygen atoms in total. The van der Waals surface area contributed by atoms with E-state index in [1.807, 2.05) is 20.8 Å². The van der Waals surface area contributed by atoms with Gasteiger partial charge in [0.25, 0.3) is 0 Å². The lowest BCUT2D eigenvalue weighted by molar-refractivity contribution is -0.210. The Bertz CT molecular complexity index is 248. The van der Waals surface area contributed by atoms with Gasteiger partial charge in [0.2, 0.25) is 0 Å². The van der Waals surface area contributed by atoms with E-state index in [0.29, 0.717) is 19.8 Å². The highest BCUT2D eigenvalue weighted by Crippen LogP contribution is 2.26. The maximum atomic E-state index is 5.98. The smallest absolute Gasteiger partial charge is 0.375 e. The monoisotopic (exact) mass is 320 g/mol. The van der Waals surface area contributed by atoms with Gasteiger partial charge in [0.15, 0.2) is 0 Å². The average Bonchev–Trinajstić information content (AvgIpc) is 2.42. The molecule has 1 saturated heterocycles. The van der Waals surface area contributed by atoms with Crippen molar-refractivity contribution in [1.82, 2.24) is 0 Å². The molecule has 0 radical (unpaired) electrons. The molecule has 0 aliphatic carbocycles. The topological polar surface area (TPSA) is 46.2 Å². The van der Waals surface area contributed by atoms with Gasteiger partial charge in [0.05, 0.1) is 13.2 Å². The molecule has 0 aromatic heterocycles. The zero-order valence-electron chi connectivity index (χ0n) is 14.1. The summed E-state index contributed by atoms with van der Waals surface area (Å²) in [6.45, 7) is 12.3. The van der Waals surface area contributed by atoms with Crippen LogP contribution >= 0.6 is 0 Å². The largest absolute Gasteiger partial charge is 0.500 e. The van der Waals surface area contributed by atoms with Crippen LogP contribution in [-0.2, 0) is 22.8 Å². The molecule has 1 aliphatic heterocycles. The first-order valence-electron chi connectivity index (χ1n) is 8.29. The lowest BCUT2D eigenvalue weighted by Gasteiger charge is -2.40. The van der Waals surface area contributed by atoms with Crippen molar-refractivity contribution in [2.45, 2.75) is 58.6 Å². The van der Waals surface area contributed by atoms with Crippen LogP contribution in [0, 0.1) is 0 Å². The summed E-state index contributed by atoms with van der Waals surface area (Å²) >= 11 is 0. The van der Waals surface area contributed by atoms with E-state index < -0.39 is 8.80 Å². The van der Waals surface area contributed by atoms with Crippen LogP contribution in [0.5, 0.6) is 0 Å². The van der Waals surface area contributed by atoms with Gasteiger partial charge in [-0.1, -0.05) is 6.92 Å². The van der Waals surface area contributed by atoms with Crippen molar-refractivity contribution >= 4 is 8.80 Å². The molecule has 0 atom stereocenters. The molecule has 0 bridgehead atoms. The first-order chi connectivity index (χ1) is 10.2. The van der Waals surface area contributed by atoms with Gasteiger partial charge in [-0.15, -0.1) is 0 Å². The second-order valence-electron chi connectivity index (χ2n) is 5.32. The van der Waals surface area contributed by atoms with Crippen LogP contribution in [0.4, 0.5) is 0 Å². The Morgan fingerprint density at radius 3 is 1.86 bits per heavy atom. The molecule has 21 heavy (non-hydrogen) atoms. The quantitative estimate of drug-likeness (QED) is 0.385. The standard InChI is InChI=1S/C15H32O5Si/c1-5-15(13-16-14-15)17-11-9-10-12-21(18-6-2,19-7-3)20-8-4/h5-14H2,1-4H3. The molecule has 1 rings (SSSR count). The summed E-state index contributed by atoms with van der Waals surface area (Å²) in [4.78, 5) is 0. The minimum atomic E-state index is -2.47. The minimum Gasteiger partial charge on any atom is -0.375 e. The van der Waals surface area contributed by atoms with E-state index in [1.165, 1.54) is 0 Å². The van der Waals surface area contributed by atoms with Crippen LogP contribution < -0.4 is 0 Å². The Kier molecular flexibility index (Phi) is 9.00. The predicted octanol–water partition coefficient (Wildman–Crippen LogP) is 3.01. The molecular weight excluding hydrogens is 288 g/mol. The van der Waals surface area contributed by atoms with E-state index in [2.05, 4.69) is 6.92 Å². The summed E-state index contributed by atoms with van der Waals surface area (Å²) in [6, 6.07) is 0.863. The van der Waals surface area contributed by atoms with E-state index in [0.717, 1.165) is 45.1 Å². The lowest BCUT2D eigenvalue weighted by atomic mass is 9.99. The predicted molar refractivity (Wildman–Crippen MR) is 84.5 cm³/mol. The average molecular weight is 321 g/mol. The number of hydrogen-bond acceptors (Lipinski definition) is 5. The zero-order chi connectivity index (χ0) is 15.6. The Labute approximate surface area is 130 Å². The molecule has 1 aliphatic rings. The third-order valence-corrected chi connectivity index (χ3v) is 6.90. The van der Waals surface area contributed by atoms with Crippen molar-refractivity contribution < 1.29 is 22.8 Å². The normalized spacial score (nSPS) is 17.7. The van der Waals surface area contributed by atoms with E-state index >= 15 is 0 Å². The van der Waals surface area contributed by atoms with Crippen LogP contribution in [0.1, 0.15) is 47.0 Å². The van der Waals surface area contributed by atoms with Gasteiger partial charge in [-0.05, 0) is 40.0 Å². The molecule has 0 N–H and O–H groups in total. The van der Waals surface area contributed by atoms with Gasteiger partial charge in [0, 0.05) is 32.5 Å². The first kappa shape index (κ1) is 19.1. The summed E-state index contributed by atoms with van der Waals surface area (Å²) in [5.41, 5.74) is -0.0196. The summed E-state index contributed by atoms with van der Waals surface area (Å²) in [6.07, 6.45) is 3.03. The fourth-order valence-electron chi connectivity index (χ4n) is 2.45. The molecule has 0 spiro atoms. The number of rotatable bonds is 13. The second-order valence-corrected chi connectivity index (χ2v) is 8.05. The second kappa shape index (κ2) is 9.92. The van der Waals surface area contributed by atoms with Gasteiger partial charge in [-0.3, -0.25) is 0 Å². The molecule has 0 unspecified atom stereocenters. The molecule has 0 amide bonds. The van der Waals surface area contributed by atoms with Gasteiger partial charge >= 0.3 is 8.80 Å². The van der Waals surface area contributed by atoms with Crippen molar-refractivity contribution in [3.8, 4) is 0 Å². The van der Waals surface area contributed by atoms with E-state index in [4.69, 9.17) is 22.8 Å². The maximum Gasteiger partial charge on any atom is 0.500 e. The van der Waals surface area contributed by atoms with Crippen LogP contribution in [-0.4, -0.2) is 54.0 Å². The Balaban J connectivity index is 2.28. The highest BCUT2D eigenvalue weighted by Gasteiger charge is 2.40. The number of unbranched alkanes of at least 4 members (excludes halogenated alkanes) is 1. The highest BCUT2D eigenvalue weighted by molar-refractivity contribution is 6.60. The lowest BCUT2D eigenvalue weighted by Crippen LogP contribution is -2.51. The van der Waals surface area contributed by atoms with Crippen molar-refractivity contribution in [3.05, 3.63) is 0 Å². The fourth-order valence-corrected chi connectivity index (χ4v) is 5.14. The van der Waals surface area contributed by atoms with Crippen LogP contribution in [0.25, 0.3) is 0 Å². The Morgan fingerprint density at radius 2 is 1.48 bits per heavy atom. The molecule has 0 aromatic carbocycles. The van der Waals surface area contributed by atoms with Gasteiger partial charge < -0.3 is 22.8 Å². The van der Waals surface area contributed by atoms with Crippen LogP contribution in [0.15, 0.2) is 0 Å². The first-order valence-corrected chi connectivity index (χ1v) is 10.2. The highest BCUT2D eigenvalue weighted by atomic mass is 28.4. The van der Waals surface area contributed by atoms with Gasteiger partial charge in [-0.2, -0.15) is 0 Å². The summed E-state index contributed by atoms with van der Waals surface area (Å²) in [7, 11) is -2.47. The zero-order valence-corrected chi connectivity index (χ0v) is 15.1. The number of ether oxygens (including phenoxy) is 2. The fraction of sp³-hybridized carbons (Fsp3) is 1.00. The summed E-state index contributed by atoms with van der Waals surface area (Å²) < 4.78 is 28.8. The summed E-state index contributed by atoms with van der Waals surface area (Å²) in [5, 5.41) is 0. The Morgan fingerprint density at radius 1 is 0.905 bits per heavy atom. The van der Waals surface area contributed by atoms with Crippen molar-refractivity contribution in [2.24, 2.45) is 0 Å². The third-order valence-electron chi connectivity index (χ3n) is 3.75. The van der Waals surface area contributed by atoms with E-state index in [9.17, 15) is 0 Å². The van der Waals surface area contributed by atoms with Crippen LogP contribution in [0.2, 0.25) is 6.04 Å². The maximum absolute atomic E-state index is 5.98. The van der Waals surface area contributed by atoms with Crippen molar-refractivity contribution in [1.29, 1.82) is 0 Å². The molecular formula is C15H32O5Si. The van der Waals surface area contributed by atoms with Crippen LogP contribution in [0.3, 0.4) is 0 Å². The number of hydrogen-bond donors (Lipinski definition) is 0.